The Bertz CT molecular complexity index is 231. The Balaban J connectivity index is 4.27. The number of carboxylic acid groups (broad SMARTS) is 1. The van der Waals surface area contributed by atoms with E-state index in [0.29, 0.717) is 13.0 Å². The summed E-state index contributed by atoms with van der Waals surface area (Å²) in [5.41, 5.74) is 0. The van der Waals surface area contributed by atoms with Crippen LogP contribution in [-0.2, 0) is 9.59 Å². The maximum Gasteiger partial charge on any atom is 0.320 e. The van der Waals surface area contributed by atoms with Gasteiger partial charge in [-0.2, -0.15) is 0 Å². The Morgan fingerprint density at radius 3 is 2.13 bits per heavy atom. The number of carbonyl (C=O) groups is 2. The van der Waals surface area contributed by atoms with Crippen LogP contribution in [0.1, 0.15) is 20.3 Å². The fraction of sp³-hybridized carbons (Fsp3) is 0.800. The minimum Gasteiger partial charge on any atom is -0.480 e. The van der Waals surface area contributed by atoms with Crippen LogP contribution in [0.25, 0.3) is 0 Å². The summed E-state index contributed by atoms with van der Waals surface area (Å²) in [4.78, 5) is 25.5. The summed E-state index contributed by atoms with van der Waals surface area (Å²) in [6.07, 6.45) is 0.495. The van der Waals surface area contributed by atoms with Gasteiger partial charge in [-0.15, -0.1) is 0 Å². The van der Waals surface area contributed by atoms with Crippen molar-refractivity contribution in [3.63, 3.8) is 0 Å². The highest BCUT2D eigenvalue weighted by Gasteiger charge is 2.22. The van der Waals surface area contributed by atoms with Crippen molar-refractivity contribution < 1.29 is 14.7 Å². The number of hydrogen-bond donors (Lipinski definition) is 1. The Morgan fingerprint density at radius 2 is 1.80 bits per heavy atom. The molecule has 0 aromatic carbocycles. The molecule has 88 valence electrons. The molecule has 1 amide bonds. The Labute approximate surface area is 90.7 Å². The van der Waals surface area contributed by atoms with Crippen LogP contribution in [0.2, 0.25) is 0 Å². The molecule has 0 fully saturated rings. The van der Waals surface area contributed by atoms with Gasteiger partial charge in [0.05, 0.1) is 6.54 Å². The SMILES string of the molecule is CCC(C(=O)O)N(C)CC(=O)N(C)CC. The van der Waals surface area contributed by atoms with E-state index in [1.54, 1.807) is 30.8 Å². The summed E-state index contributed by atoms with van der Waals surface area (Å²) in [7, 11) is 3.36. The molecule has 0 bridgehead atoms. The van der Waals surface area contributed by atoms with Crippen LogP contribution in [0.5, 0.6) is 0 Å². The fourth-order valence-corrected chi connectivity index (χ4v) is 1.30. The molecule has 0 aromatic rings. The molecule has 5 heteroatoms. The van der Waals surface area contributed by atoms with Gasteiger partial charge >= 0.3 is 5.97 Å². The lowest BCUT2D eigenvalue weighted by Gasteiger charge is -2.25. The number of rotatable bonds is 6. The molecule has 1 atom stereocenters. The van der Waals surface area contributed by atoms with Gasteiger partial charge in [-0.3, -0.25) is 14.5 Å². The molecule has 0 aromatic heterocycles. The van der Waals surface area contributed by atoms with E-state index >= 15 is 0 Å². The summed E-state index contributed by atoms with van der Waals surface area (Å²) in [5.74, 6) is -0.938. The van der Waals surface area contributed by atoms with E-state index < -0.39 is 12.0 Å². The molecule has 0 saturated carbocycles. The number of hydrogen-bond acceptors (Lipinski definition) is 3. The van der Waals surface area contributed by atoms with E-state index in [9.17, 15) is 9.59 Å². The first-order valence-corrected chi connectivity index (χ1v) is 5.11. The predicted octanol–water partition coefficient (Wildman–Crippen LogP) is 0.260. The lowest BCUT2D eigenvalue weighted by atomic mass is 10.2. The second-order valence-electron chi connectivity index (χ2n) is 3.59. The molecule has 5 nitrogen and oxygen atoms in total. The quantitative estimate of drug-likeness (QED) is 0.692. The second-order valence-corrected chi connectivity index (χ2v) is 3.59. The third-order valence-corrected chi connectivity index (χ3v) is 2.49. The summed E-state index contributed by atoms with van der Waals surface area (Å²) in [5, 5.41) is 8.89. The van der Waals surface area contributed by atoms with Gasteiger partial charge in [-0.05, 0) is 20.4 Å². The Morgan fingerprint density at radius 1 is 1.27 bits per heavy atom. The highest BCUT2D eigenvalue weighted by atomic mass is 16.4. The van der Waals surface area contributed by atoms with Crippen LogP contribution in [0.3, 0.4) is 0 Å². The Hall–Kier alpha value is -1.10. The molecule has 15 heavy (non-hydrogen) atoms. The minimum atomic E-state index is -0.882. The van der Waals surface area contributed by atoms with Gasteiger partial charge in [0.25, 0.3) is 0 Å². The minimum absolute atomic E-state index is 0.0558. The zero-order valence-corrected chi connectivity index (χ0v) is 9.86. The molecule has 0 saturated heterocycles. The fourth-order valence-electron chi connectivity index (χ4n) is 1.30. The van der Waals surface area contributed by atoms with Crippen LogP contribution in [0, 0.1) is 0 Å². The highest BCUT2D eigenvalue weighted by molar-refractivity contribution is 5.79. The average Bonchev–Trinajstić information content (AvgIpc) is 2.16. The maximum atomic E-state index is 11.5. The topological polar surface area (TPSA) is 60.9 Å². The van der Waals surface area contributed by atoms with Gasteiger partial charge in [0.15, 0.2) is 0 Å². The molecule has 1 unspecified atom stereocenters. The first-order valence-electron chi connectivity index (χ1n) is 5.11. The molecule has 1 N–H and O–H groups in total. The van der Waals surface area contributed by atoms with Crippen LogP contribution in [-0.4, -0.2) is 60.0 Å². The Kier molecular flexibility index (Phi) is 5.93. The van der Waals surface area contributed by atoms with E-state index in [1.165, 1.54) is 0 Å². The van der Waals surface area contributed by atoms with Crippen molar-refractivity contribution in [1.29, 1.82) is 0 Å². The van der Waals surface area contributed by atoms with E-state index in [-0.39, 0.29) is 12.5 Å². The van der Waals surface area contributed by atoms with E-state index in [0.717, 1.165) is 0 Å². The van der Waals surface area contributed by atoms with E-state index in [1.807, 2.05) is 6.92 Å². The molecule has 0 radical (unpaired) electrons. The zero-order chi connectivity index (χ0) is 12.0. The molecule has 0 aliphatic rings. The van der Waals surface area contributed by atoms with Crippen LogP contribution < -0.4 is 0 Å². The summed E-state index contributed by atoms with van der Waals surface area (Å²) in [6, 6.07) is -0.584. The monoisotopic (exact) mass is 216 g/mol. The third-order valence-electron chi connectivity index (χ3n) is 2.49. The lowest BCUT2D eigenvalue weighted by Crippen LogP contribution is -2.44. The van der Waals surface area contributed by atoms with Crippen LogP contribution in [0.15, 0.2) is 0 Å². The zero-order valence-electron chi connectivity index (χ0n) is 9.86. The molecule has 0 rings (SSSR count). The van der Waals surface area contributed by atoms with Gasteiger partial charge in [-0.25, -0.2) is 0 Å². The number of nitrogens with zero attached hydrogens (tertiary/aromatic N) is 2. The van der Waals surface area contributed by atoms with E-state index in [4.69, 9.17) is 5.11 Å². The van der Waals surface area contributed by atoms with Crippen molar-refractivity contribution in [2.45, 2.75) is 26.3 Å². The van der Waals surface area contributed by atoms with Crippen molar-refractivity contribution in [1.82, 2.24) is 9.80 Å². The van der Waals surface area contributed by atoms with Gasteiger partial charge in [0, 0.05) is 13.6 Å². The normalized spacial score (nSPS) is 12.6. The van der Waals surface area contributed by atoms with E-state index in [2.05, 4.69) is 0 Å². The van der Waals surface area contributed by atoms with Crippen LogP contribution >= 0.6 is 0 Å². The molecule has 0 aliphatic carbocycles. The number of amides is 1. The van der Waals surface area contributed by atoms with Crippen molar-refractivity contribution in [2.24, 2.45) is 0 Å². The van der Waals surface area contributed by atoms with Crippen molar-refractivity contribution in [3.8, 4) is 0 Å². The average molecular weight is 216 g/mol. The second kappa shape index (κ2) is 6.40. The number of aliphatic carboxylic acids is 1. The number of likely N-dealkylation sites (N-methyl/N-ethyl adjacent to an activating group) is 2. The maximum absolute atomic E-state index is 11.5. The number of carbonyl (C=O) groups excluding carboxylic acids is 1. The first-order chi connectivity index (χ1) is 6.93. The largest absolute Gasteiger partial charge is 0.480 e. The molecule has 0 aliphatic heterocycles. The van der Waals surface area contributed by atoms with Gasteiger partial charge in [-0.1, -0.05) is 6.92 Å². The predicted molar refractivity (Wildman–Crippen MR) is 57.7 cm³/mol. The van der Waals surface area contributed by atoms with Crippen molar-refractivity contribution in [3.05, 3.63) is 0 Å². The molecular weight excluding hydrogens is 196 g/mol. The van der Waals surface area contributed by atoms with Gasteiger partial charge < -0.3 is 10.0 Å². The standard InChI is InChI=1S/C10H20N2O3/c1-5-8(10(14)15)12(4)7-9(13)11(3)6-2/h8H,5-7H2,1-4H3,(H,14,15). The highest BCUT2D eigenvalue weighted by Crippen LogP contribution is 2.02. The van der Waals surface area contributed by atoms with Gasteiger partial charge in [0.1, 0.15) is 6.04 Å². The van der Waals surface area contributed by atoms with Crippen LogP contribution in [0.4, 0.5) is 0 Å². The smallest absolute Gasteiger partial charge is 0.320 e. The molecule has 0 spiro atoms. The summed E-state index contributed by atoms with van der Waals surface area (Å²) >= 11 is 0. The lowest BCUT2D eigenvalue weighted by molar-refractivity contribution is -0.144. The first kappa shape index (κ1) is 13.9. The van der Waals surface area contributed by atoms with Gasteiger partial charge in [0.2, 0.25) is 5.91 Å². The number of carboxylic acids is 1. The third kappa shape index (κ3) is 4.29. The summed E-state index contributed by atoms with van der Waals surface area (Å²) in [6.45, 7) is 4.46. The van der Waals surface area contributed by atoms with Crippen molar-refractivity contribution >= 4 is 11.9 Å². The van der Waals surface area contributed by atoms with Crippen molar-refractivity contribution in [2.75, 3.05) is 27.2 Å². The molecule has 0 heterocycles. The molecular formula is C10H20N2O3. The summed E-state index contributed by atoms with van der Waals surface area (Å²) < 4.78 is 0.